The van der Waals surface area contributed by atoms with Crippen LogP contribution >= 0.6 is 0 Å². The Morgan fingerprint density at radius 2 is 1.60 bits per heavy atom. The van der Waals surface area contributed by atoms with E-state index in [0.717, 1.165) is 5.56 Å². The normalized spacial score (nSPS) is 13.2. The van der Waals surface area contributed by atoms with Crippen LogP contribution in [-0.2, 0) is 0 Å². The molecule has 2 rings (SSSR count). The van der Waals surface area contributed by atoms with Crippen LogP contribution < -0.4 is 5.32 Å². The molecule has 0 bridgehead atoms. The Labute approximate surface area is 118 Å². The fraction of sp³-hybridized carbons (Fsp3) is 0.118. The molecule has 0 fully saturated rings. The van der Waals surface area contributed by atoms with Crippen molar-refractivity contribution in [3.8, 4) is 0 Å². The summed E-state index contributed by atoms with van der Waals surface area (Å²) in [5.41, 5.74) is 1.40. The molecule has 2 N–H and O–H groups in total. The Hall–Kier alpha value is -2.39. The van der Waals surface area contributed by atoms with Gasteiger partial charge in [-0.3, -0.25) is 4.79 Å². The van der Waals surface area contributed by atoms with Crippen LogP contribution in [0.1, 0.15) is 22.0 Å². The third-order valence-electron chi connectivity index (χ3n) is 3.06. The molecule has 0 aliphatic rings. The summed E-state index contributed by atoms with van der Waals surface area (Å²) in [6.45, 7) is 3.59. The van der Waals surface area contributed by atoms with E-state index in [0.29, 0.717) is 5.56 Å². The van der Waals surface area contributed by atoms with E-state index in [1.807, 2.05) is 36.4 Å². The van der Waals surface area contributed by atoms with Crippen LogP contribution in [0, 0.1) is 0 Å². The second kappa shape index (κ2) is 6.68. The van der Waals surface area contributed by atoms with Crippen LogP contribution in [0.2, 0.25) is 0 Å². The lowest BCUT2D eigenvalue weighted by atomic mass is 10.0. The van der Waals surface area contributed by atoms with Gasteiger partial charge in [0, 0.05) is 5.56 Å². The van der Waals surface area contributed by atoms with Gasteiger partial charge in [-0.2, -0.15) is 0 Å². The van der Waals surface area contributed by atoms with Gasteiger partial charge in [-0.05, 0) is 17.7 Å². The van der Waals surface area contributed by atoms with Crippen molar-refractivity contribution in [1.82, 2.24) is 5.32 Å². The van der Waals surface area contributed by atoms with Crippen LogP contribution in [-0.4, -0.2) is 17.1 Å². The molecule has 1 amide bonds. The maximum Gasteiger partial charge on any atom is 0.251 e. The van der Waals surface area contributed by atoms with Crippen LogP contribution in [0.3, 0.4) is 0 Å². The van der Waals surface area contributed by atoms with Gasteiger partial charge < -0.3 is 10.4 Å². The summed E-state index contributed by atoms with van der Waals surface area (Å²) < 4.78 is 0. The molecule has 0 heterocycles. The first-order valence-corrected chi connectivity index (χ1v) is 6.44. The van der Waals surface area contributed by atoms with Gasteiger partial charge in [0.2, 0.25) is 0 Å². The smallest absolute Gasteiger partial charge is 0.251 e. The summed E-state index contributed by atoms with van der Waals surface area (Å²) >= 11 is 0. The standard InChI is InChI=1S/C17H17NO2/c1-2-15(19)16(13-9-5-3-6-10-13)18-17(20)14-11-7-4-8-12-14/h2-12,15-16,19H,1H2,(H,18,20)/t15-,16+/m1/s1. The molecular weight excluding hydrogens is 250 g/mol. The molecule has 0 radical (unpaired) electrons. The average molecular weight is 267 g/mol. The Bertz CT molecular complexity index is 566. The van der Waals surface area contributed by atoms with Crippen molar-refractivity contribution in [1.29, 1.82) is 0 Å². The van der Waals surface area contributed by atoms with Crippen LogP contribution in [0.5, 0.6) is 0 Å². The van der Waals surface area contributed by atoms with Crippen LogP contribution in [0.15, 0.2) is 73.3 Å². The minimum atomic E-state index is -0.843. The molecule has 0 unspecified atom stereocenters. The highest BCUT2D eigenvalue weighted by Gasteiger charge is 2.21. The van der Waals surface area contributed by atoms with Crippen molar-refractivity contribution < 1.29 is 9.90 Å². The lowest BCUT2D eigenvalue weighted by molar-refractivity contribution is 0.0884. The predicted octanol–water partition coefficient (Wildman–Crippen LogP) is 2.70. The van der Waals surface area contributed by atoms with Gasteiger partial charge in [-0.1, -0.05) is 54.6 Å². The fourth-order valence-corrected chi connectivity index (χ4v) is 1.98. The van der Waals surface area contributed by atoms with Gasteiger partial charge in [0.1, 0.15) is 0 Å². The number of nitrogens with one attached hydrogen (secondary N) is 1. The number of hydrogen-bond acceptors (Lipinski definition) is 2. The van der Waals surface area contributed by atoms with Crippen molar-refractivity contribution in [3.05, 3.63) is 84.4 Å². The molecule has 0 aliphatic heterocycles. The lowest BCUT2D eigenvalue weighted by Crippen LogP contribution is -2.35. The zero-order chi connectivity index (χ0) is 14.4. The van der Waals surface area contributed by atoms with Gasteiger partial charge in [0.05, 0.1) is 12.1 Å². The fourth-order valence-electron chi connectivity index (χ4n) is 1.98. The second-order valence-corrected chi connectivity index (χ2v) is 4.45. The zero-order valence-corrected chi connectivity index (χ0v) is 11.1. The minimum Gasteiger partial charge on any atom is -0.387 e. The highest BCUT2D eigenvalue weighted by atomic mass is 16.3. The Balaban J connectivity index is 2.21. The number of carbonyl (C=O) groups is 1. The topological polar surface area (TPSA) is 49.3 Å². The quantitative estimate of drug-likeness (QED) is 0.818. The van der Waals surface area contributed by atoms with Gasteiger partial charge in [-0.25, -0.2) is 0 Å². The molecule has 2 atom stereocenters. The number of amides is 1. The predicted molar refractivity (Wildman–Crippen MR) is 79.3 cm³/mol. The van der Waals surface area contributed by atoms with Crippen LogP contribution in [0.25, 0.3) is 0 Å². The van der Waals surface area contributed by atoms with Crippen molar-refractivity contribution in [2.45, 2.75) is 12.1 Å². The maximum absolute atomic E-state index is 12.2. The van der Waals surface area contributed by atoms with E-state index in [1.165, 1.54) is 6.08 Å². The summed E-state index contributed by atoms with van der Waals surface area (Å²) in [7, 11) is 0. The first-order chi connectivity index (χ1) is 9.72. The van der Waals surface area contributed by atoms with Gasteiger partial charge in [-0.15, -0.1) is 6.58 Å². The van der Waals surface area contributed by atoms with Crippen molar-refractivity contribution in [2.75, 3.05) is 0 Å². The highest BCUT2D eigenvalue weighted by molar-refractivity contribution is 5.94. The number of carbonyl (C=O) groups excluding carboxylic acids is 1. The number of hydrogen-bond donors (Lipinski definition) is 2. The number of rotatable bonds is 5. The molecule has 2 aromatic carbocycles. The van der Waals surface area contributed by atoms with Crippen molar-refractivity contribution in [2.24, 2.45) is 0 Å². The van der Waals surface area contributed by atoms with Crippen LogP contribution in [0.4, 0.5) is 0 Å². The lowest BCUT2D eigenvalue weighted by Gasteiger charge is -2.22. The maximum atomic E-state index is 12.2. The van der Waals surface area contributed by atoms with Crippen molar-refractivity contribution >= 4 is 5.91 Å². The molecular formula is C17H17NO2. The molecule has 0 spiro atoms. The first-order valence-electron chi connectivity index (χ1n) is 6.44. The van der Waals surface area contributed by atoms with Gasteiger partial charge in [0.15, 0.2) is 0 Å². The monoisotopic (exact) mass is 267 g/mol. The van der Waals surface area contributed by atoms with Crippen molar-refractivity contribution in [3.63, 3.8) is 0 Å². The van der Waals surface area contributed by atoms with E-state index >= 15 is 0 Å². The van der Waals surface area contributed by atoms with Gasteiger partial charge in [0.25, 0.3) is 5.91 Å². The molecule has 2 aromatic rings. The summed E-state index contributed by atoms with van der Waals surface area (Å²) in [6, 6.07) is 17.8. The summed E-state index contributed by atoms with van der Waals surface area (Å²) in [4.78, 5) is 12.2. The molecule has 0 saturated carbocycles. The highest BCUT2D eigenvalue weighted by Crippen LogP contribution is 2.18. The third-order valence-corrected chi connectivity index (χ3v) is 3.06. The molecule has 3 nitrogen and oxygen atoms in total. The van der Waals surface area contributed by atoms with E-state index in [-0.39, 0.29) is 5.91 Å². The number of benzene rings is 2. The molecule has 102 valence electrons. The first kappa shape index (κ1) is 14.0. The number of aliphatic hydroxyl groups is 1. The molecule has 3 heteroatoms. The van der Waals surface area contributed by atoms with E-state index in [9.17, 15) is 9.90 Å². The Morgan fingerprint density at radius 3 is 2.15 bits per heavy atom. The van der Waals surface area contributed by atoms with E-state index in [4.69, 9.17) is 0 Å². The minimum absolute atomic E-state index is 0.222. The van der Waals surface area contributed by atoms with Gasteiger partial charge >= 0.3 is 0 Å². The average Bonchev–Trinajstić information content (AvgIpc) is 2.53. The SMILES string of the molecule is C=C[C@@H](O)[C@@H](NC(=O)c1ccccc1)c1ccccc1. The summed E-state index contributed by atoms with van der Waals surface area (Å²) in [5.74, 6) is -0.222. The molecule has 0 saturated heterocycles. The van der Waals surface area contributed by atoms with E-state index in [1.54, 1.807) is 24.3 Å². The van der Waals surface area contributed by atoms with E-state index in [2.05, 4.69) is 11.9 Å². The third kappa shape index (κ3) is 3.33. The molecule has 20 heavy (non-hydrogen) atoms. The summed E-state index contributed by atoms with van der Waals surface area (Å²) in [5, 5.41) is 12.9. The largest absolute Gasteiger partial charge is 0.387 e. The second-order valence-electron chi connectivity index (χ2n) is 4.45. The zero-order valence-electron chi connectivity index (χ0n) is 11.1. The Kier molecular flexibility index (Phi) is 4.69. The molecule has 0 aromatic heterocycles. The number of aliphatic hydroxyl groups excluding tert-OH is 1. The summed E-state index contributed by atoms with van der Waals surface area (Å²) in [6.07, 6.45) is 0.577. The Morgan fingerprint density at radius 1 is 1.05 bits per heavy atom. The molecule has 0 aliphatic carbocycles. The van der Waals surface area contributed by atoms with E-state index < -0.39 is 12.1 Å².